The molecule has 2 aromatic heterocycles. The Balaban J connectivity index is 2.42. The van der Waals surface area contributed by atoms with Crippen LogP contribution in [-0.4, -0.2) is 26.2 Å². The van der Waals surface area contributed by atoms with Crippen LogP contribution in [0.5, 0.6) is 0 Å². The zero-order valence-corrected chi connectivity index (χ0v) is 11.2. The third-order valence-corrected chi connectivity index (χ3v) is 2.96. The predicted octanol–water partition coefficient (Wildman–Crippen LogP) is 4.03. The number of hydrogen-bond acceptors (Lipinski definition) is 2. The standard InChI is InChI=1S/C9H4Cl2F6N4/c10-5-1-4(9(15,16)17)20-21(5)7-6(11)3(18-19-7)2-8(12,13)14/h1H,2H2,(H,18,19). The highest BCUT2D eigenvalue weighted by molar-refractivity contribution is 6.33. The molecule has 0 aliphatic heterocycles. The molecule has 0 saturated carbocycles. The minimum Gasteiger partial charge on any atom is -0.278 e. The average Bonchev–Trinajstić information content (AvgIpc) is 2.82. The summed E-state index contributed by atoms with van der Waals surface area (Å²) in [7, 11) is 0. The van der Waals surface area contributed by atoms with Crippen LogP contribution < -0.4 is 0 Å². The zero-order chi connectivity index (χ0) is 16.0. The number of H-pyrrole nitrogens is 1. The van der Waals surface area contributed by atoms with Gasteiger partial charge in [0.25, 0.3) is 0 Å². The zero-order valence-electron chi connectivity index (χ0n) is 9.65. The number of nitrogens with one attached hydrogen (secondary N) is 1. The van der Waals surface area contributed by atoms with Crippen molar-refractivity contribution in [3.63, 3.8) is 0 Å². The van der Waals surface area contributed by atoms with E-state index in [0.29, 0.717) is 10.7 Å². The van der Waals surface area contributed by atoms with E-state index in [1.54, 1.807) is 0 Å². The lowest BCUT2D eigenvalue weighted by Gasteiger charge is -2.04. The lowest BCUT2D eigenvalue weighted by atomic mass is 10.3. The van der Waals surface area contributed by atoms with E-state index in [9.17, 15) is 26.3 Å². The van der Waals surface area contributed by atoms with Crippen LogP contribution in [0.1, 0.15) is 11.4 Å². The first-order chi connectivity index (χ1) is 9.49. The van der Waals surface area contributed by atoms with Crippen molar-refractivity contribution in [2.45, 2.75) is 18.8 Å². The van der Waals surface area contributed by atoms with Crippen molar-refractivity contribution < 1.29 is 26.3 Å². The molecule has 0 aliphatic rings. The van der Waals surface area contributed by atoms with Gasteiger partial charge in [0.1, 0.15) is 10.2 Å². The number of hydrogen-bond donors (Lipinski definition) is 1. The largest absolute Gasteiger partial charge is 0.435 e. The van der Waals surface area contributed by atoms with Gasteiger partial charge in [0.05, 0.1) is 12.1 Å². The van der Waals surface area contributed by atoms with Gasteiger partial charge in [-0.3, -0.25) is 5.10 Å². The monoisotopic (exact) mass is 352 g/mol. The average molecular weight is 353 g/mol. The molecule has 0 unspecified atom stereocenters. The van der Waals surface area contributed by atoms with Crippen molar-refractivity contribution in [3.05, 3.63) is 27.6 Å². The predicted molar refractivity (Wildman–Crippen MR) is 60.5 cm³/mol. The second kappa shape index (κ2) is 5.09. The SMILES string of the molecule is FC(F)(F)Cc1[nH]nc(-n2nc(C(F)(F)F)cc2Cl)c1Cl. The summed E-state index contributed by atoms with van der Waals surface area (Å²) in [6.45, 7) is 0. The first kappa shape index (κ1) is 16.0. The molecule has 1 N–H and O–H groups in total. The third kappa shape index (κ3) is 3.43. The Morgan fingerprint density at radius 2 is 1.76 bits per heavy atom. The highest BCUT2D eigenvalue weighted by Gasteiger charge is 2.36. The molecule has 0 aromatic carbocycles. The lowest BCUT2D eigenvalue weighted by Crippen LogP contribution is -2.12. The van der Waals surface area contributed by atoms with Crippen molar-refractivity contribution in [2.75, 3.05) is 0 Å². The Labute approximate surface area is 122 Å². The molecule has 2 heterocycles. The van der Waals surface area contributed by atoms with E-state index < -0.39 is 46.2 Å². The van der Waals surface area contributed by atoms with Crippen LogP contribution >= 0.6 is 23.2 Å². The van der Waals surface area contributed by atoms with Crippen LogP contribution in [0.4, 0.5) is 26.3 Å². The summed E-state index contributed by atoms with van der Waals surface area (Å²) in [5, 5.41) is 7.55. The van der Waals surface area contributed by atoms with E-state index in [0.717, 1.165) is 0 Å². The van der Waals surface area contributed by atoms with Crippen LogP contribution in [0.25, 0.3) is 5.82 Å². The van der Waals surface area contributed by atoms with E-state index >= 15 is 0 Å². The summed E-state index contributed by atoms with van der Waals surface area (Å²) < 4.78 is 74.8. The third-order valence-electron chi connectivity index (χ3n) is 2.29. The maximum Gasteiger partial charge on any atom is 0.435 e. The first-order valence-corrected chi connectivity index (χ1v) is 5.87. The molecule has 0 bridgehead atoms. The second-order valence-corrected chi connectivity index (χ2v) is 4.66. The van der Waals surface area contributed by atoms with Gasteiger partial charge in [0, 0.05) is 6.07 Å². The summed E-state index contributed by atoms with van der Waals surface area (Å²) in [6.07, 6.45) is -10.7. The van der Waals surface area contributed by atoms with E-state index in [1.807, 2.05) is 5.10 Å². The molecule has 0 fully saturated rings. The van der Waals surface area contributed by atoms with Gasteiger partial charge in [-0.15, -0.1) is 0 Å². The Bertz CT molecular complexity index is 656. The molecule has 2 rings (SSSR count). The molecular formula is C9H4Cl2F6N4. The van der Waals surface area contributed by atoms with Crippen molar-refractivity contribution in [2.24, 2.45) is 0 Å². The Hall–Kier alpha value is -1.42. The van der Waals surface area contributed by atoms with Gasteiger partial charge in [-0.05, 0) is 0 Å². The fraction of sp³-hybridized carbons (Fsp3) is 0.333. The minimum atomic E-state index is -4.76. The summed E-state index contributed by atoms with van der Waals surface area (Å²) in [5.74, 6) is -0.448. The molecule has 2 aromatic rings. The van der Waals surface area contributed by atoms with Gasteiger partial charge in [-0.25, -0.2) is 0 Å². The maximum atomic E-state index is 12.5. The fourth-order valence-electron chi connectivity index (χ4n) is 1.46. The maximum absolute atomic E-state index is 12.5. The molecule has 21 heavy (non-hydrogen) atoms. The van der Waals surface area contributed by atoms with E-state index in [2.05, 4.69) is 10.2 Å². The van der Waals surface area contributed by atoms with Crippen molar-refractivity contribution >= 4 is 23.2 Å². The molecule has 12 heteroatoms. The van der Waals surface area contributed by atoms with Crippen molar-refractivity contribution in [1.82, 2.24) is 20.0 Å². The summed E-state index contributed by atoms with van der Waals surface area (Å²) in [6, 6.07) is 0.510. The molecule has 0 saturated heterocycles. The number of aromatic nitrogens is 4. The van der Waals surface area contributed by atoms with E-state index in [1.165, 1.54) is 0 Å². The lowest BCUT2D eigenvalue weighted by molar-refractivity contribution is -0.141. The number of rotatable bonds is 2. The van der Waals surface area contributed by atoms with Crippen LogP contribution in [0.2, 0.25) is 10.2 Å². The van der Waals surface area contributed by atoms with Gasteiger partial charge in [0.15, 0.2) is 11.5 Å². The Morgan fingerprint density at radius 1 is 1.14 bits per heavy atom. The van der Waals surface area contributed by atoms with Gasteiger partial charge in [-0.2, -0.15) is 41.2 Å². The van der Waals surface area contributed by atoms with Crippen LogP contribution in [0, 0.1) is 0 Å². The highest BCUT2D eigenvalue weighted by Crippen LogP contribution is 2.33. The van der Waals surface area contributed by atoms with Gasteiger partial charge < -0.3 is 0 Å². The van der Waals surface area contributed by atoms with Crippen LogP contribution in [-0.2, 0) is 12.6 Å². The van der Waals surface area contributed by atoms with Gasteiger partial charge in [-0.1, -0.05) is 23.2 Å². The molecule has 0 aliphatic carbocycles. The summed E-state index contributed by atoms with van der Waals surface area (Å²) in [5.41, 5.74) is -1.82. The Morgan fingerprint density at radius 3 is 2.24 bits per heavy atom. The van der Waals surface area contributed by atoms with Gasteiger partial charge in [0.2, 0.25) is 0 Å². The minimum absolute atomic E-state index is 0.448. The fourth-order valence-corrected chi connectivity index (χ4v) is 1.91. The number of nitrogens with zero attached hydrogens (tertiary/aromatic N) is 3. The molecule has 0 radical (unpaired) electrons. The number of alkyl halides is 6. The number of halogens is 8. The number of aromatic amines is 1. The topological polar surface area (TPSA) is 46.5 Å². The van der Waals surface area contributed by atoms with E-state index in [4.69, 9.17) is 23.2 Å². The van der Waals surface area contributed by atoms with Crippen LogP contribution in [0.3, 0.4) is 0 Å². The first-order valence-electron chi connectivity index (χ1n) is 5.11. The second-order valence-electron chi connectivity index (χ2n) is 3.89. The smallest absolute Gasteiger partial charge is 0.278 e. The van der Waals surface area contributed by atoms with Crippen LogP contribution in [0.15, 0.2) is 6.07 Å². The van der Waals surface area contributed by atoms with Gasteiger partial charge >= 0.3 is 12.4 Å². The van der Waals surface area contributed by atoms with Crippen molar-refractivity contribution in [3.8, 4) is 5.82 Å². The molecule has 116 valence electrons. The van der Waals surface area contributed by atoms with E-state index in [-0.39, 0.29) is 0 Å². The molecule has 0 atom stereocenters. The Kier molecular flexibility index (Phi) is 3.87. The summed E-state index contributed by atoms with van der Waals surface area (Å²) in [4.78, 5) is 0. The molecule has 4 nitrogen and oxygen atoms in total. The molecular weight excluding hydrogens is 349 g/mol. The molecule has 0 amide bonds. The quantitative estimate of drug-likeness (QED) is 0.829. The molecule has 0 spiro atoms. The normalized spacial score (nSPS) is 13.0. The summed E-state index contributed by atoms with van der Waals surface area (Å²) >= 11 is 11.2. The highest BCUT2D eigenvalue weighted by atomic mass is 35.5. The van der Waals surface area contributed by atoms with Crippen molar-refractivity contribution in [1.29, 1.82) is 0 Å².